The molecule has 1 heterocycles. The van der Waals surface area contributed by atoms with Crippen LogP contribution in [-0.2, 0) is 11.2 Å². The van der Waals surface area contributed by atoms with Crippen molar-refractivity contribution in [3.63, 3.8) is 0 Å². The Kier molecular flexibility index (Phi) is 7.29. The lowest BCUT2D eigenvalue weighted by atomic mass is 9.99. The summed E-state index contributed by atoms with van der Waals surface area (Å²) in [4.78, 5) is 15.9. The third-order valence-corrected chi connectivity index (χ3v) is 6.21. The summed E-state index contributed by atoms with van der Waals surface area (Å²) >= 11 is 6.21. The number of benzene rings is 3. The van der Waals surface area contributed by atoms with Crippen LogP contribution in [0, 0.1) is 13.8 Å². The van der Waals surface area contributed by atoms with Crippen molar-refractivity contribution < 1.29 is 19.4 Å². The highest BCUT2D eigenvalue weighted by atomic mass is 35.5. The third-order valence-electron chi connectivity index (χ3n) is 5.98. The maximum Gasteiger partial charge on any atom is 0.254 e. The van der Waals surface area contributed by atoms with Crippen LogP contribution in [0.25, 0.3) is 0 Å². The number of nitrogens with zero attached hydrogens (tertiary/aromatic N) is 1. The maximum atomic E-state index is 14.0. The van der Waals surface area contributed by atoms with Gasteiger partial charge in [0.05, 0.1) is 13.7 Å². The van der Waals surface area contributed by atoms with Gasteiger partial charge in [-0.1, -0.05) is 29.8 Å². The van der Waals surface area contributed by atoms with Crippen molar-refractivity contribution in [2.24, 2.45) is 0 Å². The lowest BCUT2D eigenvalue weighted by Gasteiger charge is -2.27. The van der Waals surface area contributed by atoms with Crippen LogP contribution in [0.1, 0.15) is 28.3 Å². The van der Waals surface area contributed by atoms with Crippen LogP contribution in [0.2, 0.25) is 5.02 Å². The zero-order valence-electron chi connectivity index (χ0n) is 19.6. The number of amides is 1. The number of fused-ring (bicyclic) bond motifs is 1. The van der Waals surface area contributed by atoms with Gasteiger partial charge in [0.15, 0.2) is 0 Å². The Balaban J connectivity index is 1.73. The quantitative estimate of drug-likeness (QED) is 0.470. The van der Waals surface area contributed by atoms with Gasteiger partial charge in [-0.25, -0.2) is 0 Å². The molecule has 3 aromatic carbocycles. The zero-order chi connectivity index (χ0) is 24.2. The molecule has 6 nitrogen and oxygen atoms in total. The highest BCUT2D eigenvalue weighted by molar-refractivity contribution is 6.30. The molecule has 3 aromatic rings. The van der Waals surface area contributed by atoms with Crippen molar-refractivity contribution in [2.45, 2.75) is 26.3 Å². The number of hydrogen-bond donors (Lipinski definition) is 2. The molecule has 0 bridgehead atoms. The van der Waals surface area contributed by atoms with E-state index in [0.717, 1.165) is 28.8 Å². The summed E-state index contributed by atoms with van der Waals surface area (Å²) in [6.07, 6.45) is 0.825. The van der Waals surface area contributed by atoms with Crippen LogP contribution < -0.4 is 19.7 Å². The number of carbonyl (C=O) groups excluding carboxylic acids is 1. The van der Waals surface area contributed by atoms with Gasteiger partial charge in [0.2, 0.25) is 0 Å². The Morgan fingerprint density at radius 1 is 1.12 bits per heavy atom. The lowest BCUT2D eigenvalue weighted by molar-refractivity contribution is -0.119. The standard InChI is InChI=1S/C27H29ClN2O4/c1-17-4-5-19-8-9-30(25(19)12-17)27(32)26(24-7-6-20(28)13-18(24)2)29-21-14-22(33-3)16-23(15-21)34-11-10-31/h4-7,12-16,26,29,31H,8-11H2,1-3H3. The highest BCUT2D eigenvalue weighted by Gasteiger charge is 2.32. The van der Waals surface area contributed by atoms with Gasteiger partial charge in [-0.15, -0.1) is 0 Å². The van der Waals surface area contributed by atoms with Crippen molar-refractivity contribution >= 4 is 28.9 Å². The number of rotatable bonds is 8. The molecule has 2 N–H and O–H groups in total. The topological polar surface area (TPSA) is 71.0 Å². The lowest BCUT2D eigenvalue weighted by Crippen LogP contribution is -2.37. The molecule has 0 saturated carbocycles. The SMILES string of the molecule is COc1cc(NC(C(=O)N2CCc3ccc(C)cc32)c2ccc(Cl)cc2C)cc(OCCO)c1. The molecule has 4 rings (SSSR count). The normalized spacial score (nSPS) is 13.4. The maximum absolute atomic E-state index is 14.0. The number of halogens is 1. The summed E-state index contributed by atoms with van der Waals surface area (Å²) in [5.41, 5.74) is 5.68. The molecule has 7 heteroatoms. The molecule has 1 amide bonds. The fourth-order valence-electron chi connectivity index (χ4n) is 4.30. The minimum atomic E-state index is -0.651. The Labute approximate surface area is 205 Å². The van der Waals surface area contributed by atoms with Gasteiger partial charge in [-0.2, -0.15) is 0 Å². The van der Waals surface area contributed by atoms with Crippen LogP contribution in [0.3, 0.4) is 0 Å². The second-order valence-electron chi connectivity index (χ2n) is 8.42. The van der Waals surface area contributed by atoms with Crippen LogP contribution >= 0.6 is 11.6 Å². The molecule has 1 aliphatic rings. The molecule has 1 atom stereocenters. The summed E-state index contributed by atoms with van der Waals surface area (Å²) in [5, 5.41) is 13.2. The second-order valence-corrected chi connectivity index (χ2v) is 8.86. The Morgan fingerprint density at radius 2 is 1.91 bits per heavy atom. The van der Waals surface area contributed by atoms with Crippen LogP contribution in [0.4, 0.5) is 11.4 Å². The number of aliphatic hydroxyl groups is 1. The van der Waals surface area contributed by atoms with E-state index in [2.05, 4.69) is 23.5 Å². The first-order chi connectivity index (χ1) is 16.4. The summed E-state index contributed by atoms with van der Waals surface area (Å²) in [6, 6.07) is 16.5. The number of hydrogen-bond acceptors (Lipinski definition) is 5. The first-order valence-corrected chi connectivity index (χ1v) is 11.6. The second kappa shape index (κ2) is 10.4. The Morgan fingerprint density at radius 3 is 2.65 bits per heavy atom. The minimum absolute atomic E-state index is 0.0459. The largest absolute Gasteiger partial charge is 0.497 e. The summed E-state index contributed by atoms with van der Waals surface area (Å²) in [6.45, 7) is 4.68. The van der Waals surface area contributed by atoms with Crippen molar-refractivity contribution in [2.75, 3.05) is 37.1 Å². The molecular weight excluding hydrogens is 452 g/mol. The number of carbonyl (C=O) groups is 1. The first-order valence-electron chi connectivity index (χ1n) is 11.3. The fourth-order valence-corrected chi connectivity index (χ4v) is 4.52. The summed E-state index contributed by atoms with van der Waals surface area (Å²) < 4.78 is 11.0. The molecule has 1 aliphatic heterocycles. The highest BCUT2D eigenvalue weighted by Crippen LogP contribution is 2.35. The number of anilines is 2. The molecule has 0 aromatic heterocycles. The van der Waals surface area contributed by atoms with Gasteiger partial charge >= 0.3 is 0 Å². The molecule has 178 valence electrons. The molecule has 0 radical (unpaired) electrons. The van der Waals surface area contributed by atoms with E-state index in [9.17, 15) is 4.79 Å². The van der Waals surface area contributed by atoms with E-state index in [4.69, 9.17) is 26.2 Å². The predicted molar refractivity (Wildman–Crippen MR) is 135 cm³/mol. The van der Waals surface area contributed by atoms with E-state index in [1.165, 1.54) is 5.56 Å². The third kappa shape index (κ3) is 5.13. The molecule has 0 fully saturated rings. The van der Waals surface area contributed by atoms with Gasteiger partial charge in [-0.05, 0) is 60.7 Å². The van der Waals surface area contributed by atoms with E-state index in [-0.39, 0.29) is 19.1 Å². The summed E-state index contributed by atoms with van der Waals surface area (Å²) in [5.74, 6) is 1.08. The van der Waals surface area contributed by atoms with Crippen molar-refractivity contribution in [1.82, 2.24) is 0 Å². The van der Waals surface area contributed by atoms with Crippen molar-refractivity contribution in [3.8, 4) is 11.5 Å². The number of ether oxygens (including phenoxy) is 2. The fraction of sp³-hybridized carbons (Fsp3) is 0.296. The van der Waals surface area contributed by atoms with Crippen molar-refractivity contribution in [1.29, 1.82) is 0 Å². The molecular formula is C27H29ClN2O4. The Hall–Kier alpha value is -3.22. The molecule has 0 spiro atoms. The summed E-state index contributed by atoms with van der Waals surface area (Å²) in [7, 11) is 1.57. The monoisotopic (exact) mass is 480 g/mol. The molecule has 0 saturated heterocycles. The van der Waals surface area contributed by atoms with E-state index < -0.39 is 6.04 Å². The average Bonchev–Trinajstić information content (AvgIpc) is 3.24. The van der Waals surface area contributed by atoms with Crippen LogP contribution in [0.15, 0.2) is 54.6 Å². The molecule has 34 heavy (non-hydrogen) atoms. The Bertz CT molecular complexity index is 1200. The number of nitrogens with one attached hydrogen (secondary N) is 1. The first kappa shape index (κ1) is 23.9. The van der Waals surface area contributed by atoms with Gasteiger partial charge in [0.25, 0.3) is 5.91 Å². The predicted octanol–water partition coefficient (Wildman–Crippen LogP) is 5.08. The van der Waals surface area contributed by atoms with E-state index in [0.29, 0.717) is 28.8 Å². The van der Waals surface area contributed by atoms with Crippen LogP contribution in [0.5, 0.6) is 11.5 Å². The van der Waals surface area contributed by atoms with E-state index >= 15 is 0 Å². The van der Waals surface area contributed by atoms with Gasteiger partial charge in [-0.3, -0.25) is 4.79 Å². The van der Waals surface area contributed by atoms with E-state index in [1.807, 2.05) is 36.9 Å². The van der Waals surface area contributed by atoms with E-state index in [1.54, 1.807) is 25.3 Å². The number of aliphatic hydroxyl groups excluding tert-OH is 1. The van der Waals surface area contributed by atoms with Gasteiger partial charge in [0.1, 0.15) is 24.1 Å². The molecule has 0 aliphatic carbocycles. The minimum Gasteiger partial charge on any atom is -0.497 e. The van der Waals surface area contributed by atoms with Crippen molar-refractivity contribution in [3.05, 3.63) is 81.9 Å². The van der Waals surface area contributed by atoms with Gasteiger partial charge < -0.3 is 24.8 Å². The smallest absolute Gasteiger partial charge is 0.254 e. The van der Waals surface area contributed by atoms with Crippen LogP contribution in [-0.4, -0.2) is 37.9 Å². The molecule has 1 unspecified atom stereocenters. The zero-order valence-corrected chi connectivity index (χ0v) is 20.4. The van der Waals surface area contributed by atoms with Gasteiger partial charge in [0, 0.05) is 41.1 Å². The number of methoxy groups -OCH3 is 1. The number of aryl methyl sites for hydroxylation is 2. The average molecular weight is 481 g/mol.